The zero-order valence-electron chi connectivity index (χ0n) is 12.4. The van der Waals surface area contributed by atoms with Crippen LogP contribution in [0.2, 0.25) is 0 Å². The molecule has 1 amide bonds. The third-order valence-corrected chi connectivity index (χ3v) is 5.42. The van der Waals surface area contributed by atoms with Crippen molar-refractivity contribution in [1.82, 2.24) is 10.2 Å². The first-order chi connectivity index (χ1) is 10.2. The summed E-state index contributed by atoms with van der Waals surface area (Å²) in [5.41, 5.74) is 1.19. The topological polar surface area (TPSA) is 32.3 Å². The van der Waals surface area contributed by atoms with Crippen molar-refractivity contribution in [3.63, 3.8) is 0 Å². The second-order valence-corrected chi connectivity index (χ2v) is 7.23. The average molecular weight is 351 g/mol. The third-order valence-electron chi connectivity index (χ3n) is 4.89. The maximum atomic E-state index is 12.8. The number of carbonyl (C=O) groups is 1. The molecule has 4 heteroatoms. The van der Waals surface area contributed by atoms with Crippen molar-refractivity contribution in [3.8, 4) is 0 Å². The summed E-state index contributed by atoms with van der Waals surface area (Å²) in [5, 5.41) is 3.50. The van der Waals surface area contributed by atoms with Crippen LogP contribution in [0.5, 0.6) is 0 Å². The lowest BCUT2D eigenvalue weighted by Crippen LogP contribution is -2.63. The molecular formula is C17H23BrN2O. The van der Waals surface area contributed by atoms with E-state index in [9.17, 15) is 4.79 Å². The summed E-state index contributed by atoms with van der Waals surface area (Å²) < 4.78 is 1.06. The zero-order chi connectivity index (χ0) is 14.7. The first-order valence-electron chi connectivity index (χ1n) is 7.95. The normalized spacial score (nSPS) is 21.5. The molecule has 3 nitrogen and oxygen atoms in total. The molecule has 0 bridgehead atoms. The molecule has 1 N–H and O–H groups in total. The van der Waals surface area contributed by atoms with Crippen molar-refractivity contribution in [2.75, 3.05) is 19.6 Å². The van der Waals surface area contributed by atoms with Crippen molar-refractivity contribution >= 4 is 21.8 Å². The number of nitrogens with one attached hydrogen (secondary N) is 1. The summed E-state index contributed by atoms with van der Waals surface area (Å²) in [7, 11) is 0. The van der Waals surface area contributed by atoms with Gasteiger partial charge in [-0.15, -0.1) is 0 Å². The maximum Gasteiger partial charge on any atom is 0.227 e. The van der Waals surface area contributed by atoms with Gasteiger partial charge in [0, 0.05) is 24.1 Å². The molecule has 0 aromatic heterocycles. The summed E-state index contributed by atoms with van der Waals surface area (Å²) in [6, 6.07) is 8.10. The molecule has 3 rings (SSSR count). The predicted molar refractivity (Wildman–Crippen MR) is 88.2 cm³/mol. The van der Waals surface area contributed by atoms with Gasteiger partial charge in [0.1, 0.15) is 0 Å². The van der Waals surface area contributed by atoms with Gasteiger partial charge in [-0.05, 0) is 30.5 Å². The minimum absolute atomic E-state index is 0.0863. The molecule has 0 radical (unpaired) electrons. The van der Waals surface area contributed by atoms with Gasteiger partial charge >= 0.3 is 0 Å². The fourth-order valence-electron chi connectivity index (χ4n) is 3.76. The number of piperazine rings is 1. The zero-order valence-corrected chi connectivity index (χ0v) is 14.0. The van der Waals surface area contributed by atoms with E-state index >= 15 is 0 Å². The third kappa shape index (κ3) is 3.32. The van der Waals surface area contributed by atoms with E-state index in [1.54, 1.807) is 0 Å². The highest BCUT2D eigenvalue weighted by Crippen LogP contribution is 2.35. The number of rotatable bonds is 2. The maximum absolute atomic E-state index is 12.8. The Kier molecular flexibility index (Phi) is 4.65. The Morgan fingerprint density at radius 2 is 1.90 bits per heavy atom. The summed E-state index contributed by atoms with van der Waals surface area (Å²) in [6.45, 7) is 2.75. The Morgan fingerprint density at radius 3 is 2.62 bits per heavy atom. The van der Waals surface area contributed by atoms with Crippen LogP contribution in [0.1, 0.15) is 37.7 Å². The molecule has 2 fully saturated rings. The lowest BCUT2D eigenvalue weighted by Gasteiger charge is -2.50. The van der Waals surface area contributed by atoms with Gasteiger partial charge in [-0.3, -0.25) is 4.79 Å². The van der Waals surface area contributed by atoms with Gasteiger partial charge < -0.3 is 10.2 Å². The molecule has 1 saturated heterocycles. The minimum atomic E-state index is 0.0863. The molecule has 1 aliphatic heterocycles. The van der Waals surface area contributed by atoms with Crippen LogP contribution in [0.3, 0.4) is 0 Å². The van der Waals surface area contributed by atoms with E-state index in [1.165, 1.54) is 19.3 Å². The van der Waals surface area contributed by atoms with E-state index in [1.807, 2.05) is 24.3 Å². The van der Waals surface area contributed by atoms with E-state index in [2.05, 4.69) is 26.1 Å². The molecule has 1 spiro atoms. The molecule has 0 unspecified atom stereocenters. The predicted octanol–water partition coefficient (Wildman–Crippen LogP) is 3.13. The number of hydrogen-bond donors (Lipinski definition) is 1. The van der Waals surface area contributed by atoms with Gasteiger partial charge in [-0.1, -0.05) is 47.3 Å². The van der Waals surface area contributed by atoms with Crippen LogP contribution in [0, 0.1) is 0 Å². The SMILES string of the molecule is O=C(Cc1ccc(Br)cc1)N1CCNCC12CCCCC2. The van der Waals surface area contributed by atoms with Crippen LogP contribution < -0.4 is 5.32 Å². The lowest BCUT2D eigenvalue weighted by atomic mass is 9.78. The summed E-state index contributed by atoms with van der Waals surface area (Å²) in [4.78, 5) is 15.0. The fraction of sp³-hybridized carbons (Fsp3) is 0.588. The van der Waals surface area contributed by atoms with E-state index in [0.717, 1.165) is 42.5 Å². The monoisotopic (exact) mass is 350 g/mol. The summed E-state index contributed by atoms with van der Waals surface area (Å²) in [6.07, 6.45) is 6.66. The van der Waals surface area contributed by atoms with E-state index in [4.69, 9.17) is 0 Å². The largest absolute Gasteiger partial charge is 0.334 e. The second kappa shape index (κ2) is 6.49. The number of amides is 1. The van der Waals surface area contributed by atoms with Gasteiger partial charge in [0.15, 0.2) is 0 Å². The molecule has 1 heterocycles. The molecule has 1 aliphatic carbocycles. The molecule has 2 aliphatic rings. The minimum Gasteiger partial charge on any atom is -0.334 e. The van der Waals surface area contributed by atoms with Crippen LogP contribution >= 0.6 is 15.9 Å². The Hall–Kier alpha value is -0.870. The number of nitrogens with zero attached hydrogens (tertiary/aromatic N) is 1. The van der Waals surface area contributed by atoms with Crippen LogP contribution in [0.15, 0.2) is 28.7 Å². The van der Waals surface area contributed by atoms with Crippen LogP contribution in [0.4, 0.5) is 0 Å². The molecule has 1 aromatic rings. The fourth-order valence-corrected chi connectivity index (χ4v) is 4.03. The van der Waals surface area contributed by atoms with Gasteiger partial charge in [-0.2, -0.15) is 0 Å². The van der Waals surface area contributed by atoms with Gasteiger partial charge in [0.2, 0.25) is 5.91 Å². The molecule has 114 valence electrons. The van der Waals surface area contributed by atoms with Crippen LogP contribution in [-0.2, 0) is 11.2 Å². The van der Waals surface area contributed by atoms with Gasteiger partial charge in [0.25, 0.3) is 0 Å². The Labute approximate surface area is 135 Å². The summed E-state index contributed by atoms with van der Waals surface area (Å²) >= 11 is 3.44. The number of carbonyl (C=O) groups excluding carboxylic acids is 1. The highest BCUT2D eigenvalue weighted by Gasteiger charge is 2.41. The quantitative estimate of drug-likeness (QED) is 0.888. The summed E-state index contributed by atoms with van der Waals surface area (Å²) in [5.74, 6) is 0.292. The Balaban J connectivity index is 1.73. The second-order valence-electron chi connectivity index (χ2n) is 6.31. The smallest absolute Gasteiger partial charge is 0.227 e. The Bertz CT molecular complexity index is 486. The Morgan fingerprint density at radius 1 is 1.19 bits per heavy atom. The highest BCUT2D eigenvalue weighted by molar-refractivity contribution is 9.10. The van der Waals surface area contributed by atoms with Crippen molar-refractivity contribution in [3.05, 3.63) is 34.3 Å². The first-order valence-corrected chi connectivity index (χ1v) is 8.75. The number of benzene rings is 1. The molecule has 1 saturated carbocycles. The number of halogens is 1. The molecule has 1 aromatic carbocycles. The van der Waals surface area contributed by atoms with Crippen molar-refractivity contribution in [2.45, 2.75) is 44.1 Å². The van der Waals surface area contributed by atoms with E-state index in [0.29, 0.717) is 12.3 Å². The van der Waals surface area contributed by atoms with Crippen molar-refractivity contribution in [1.29, 1.82) is 0 Å². The average Bonchev–Trinajstić information content (AvgIpc) is 2.51. The van der Waals surface area contributed by atoms with Crippen molar-refractivity contribution < 1.29 is 4.79 Å². The highest BCUT2D eigenvalue weighted by atomic mass is 79.9. The van der Waals surface area contributed by atoms with Crippen molar-refractivity contribution in [2.24, 2.45) is 0 Å². The number of hydrogen-bond acceptors (Lipinski definition) is 2. The first kappa shape index (κ1) is 15.0. The molecular weight excluding hydrogens is 328 g/mol. The van der Waals surface area contributed by atoms with Crippen LogP contribution in [-0.4, -0.2) is 36.0 Å². The standard InChI is InChI=1S/C17H23BrN2O/c18-15-6-4-14(5-7-15)12-16(21)20-11-10-19-13-17(20)8-2-1-3-9-17/h4-7,19H,1-3,8-13H2. The molecule has 0 atom stereocenters. The van der Waals surface area contributed by atoms with E-state index in [-0.39, 0.29) is 5.54 Å². The van der Waals surface area contributed by atoms with Gasteiger partial charge in [-0.25, -0.2) is 0 Å². The van der Waals surface area contributed by atoms with Crippen LogP contribution in [0.25, 0.3) is 0 Å². The lowest BCUT2D eigenvalue weighted by molar-refractivity contribution is -0.140. The molecule has 21 heavy (non-hydrogen) atoms. The van der Waals surface area contributed by atoms with Gasteiger partial charge in [0.05, 0.1) is 12.0 Å². The van der Waals surface area contributed by atoms with E-state index < -0.39 is 0 Å².